The van der Waals surface area contributed by atoms with Gasteiger partial charge >= 0.3 is 0 Å². The molecule has 0 N–H and O–H groups in total. The Labute approximate surface area is 222 Å². The van der Waals surface area contributed by atoms with Crippen molar-refractivity contribution in [2.75, 3.05) is 79.2 Å². The molecule has 3 fully saturated rings. The van der Waals surface area contributed by atoms with Gasteiger partial charge in [-0.1, -0.05) is 0 Å². The van der Waals surface area contributed by atoms with Crippen molar-refractivity contribution < 1.29 is 22.7 Å². The molecular formula is C27H44N4O5S. The number of carbonyl (C=O) groups is 1. The largest absolute Gasteiger partial charge is 0.497 e. The van der Waals surface area contributed by atoms with E-state index in [0.29, 0.717) is 28.3 Å². The van der Waals surface area contributed by atoms with E-state index in [-0.39, 0.29) is 25.2 Å². The molecule has 0 aliphatic carbocycles. The maximum Gasteiger partial charge on any atom is 0.248 e. The summed E-state index contributed by atoms with van der Waals surface area (Å²) in [6, 6.07) is 3.26. The molecule has 0 aromatic heterocycles. The van der Waals surface area contributed by atoms with Gasteiger partial charge in [0, 0.05) is 38.8 Å². The van der Waals surface area contributed by atoms with Crippen molar-refractivity contribution in [3.8, 4) is 5.75 Å². The SMILES string of the molecule is COc1cc(C)c(S(=O)(=O)N2CCC[C@H]2COCC(=O)N2CCN(CCCN3CCCC3)CC2)c(C)c1. The van der Waals surface area contributed by atoms with Crippen LogP contribution in [0.2, 0.25) is 0 Å². The third kappa shape index (κ3) is 7.03. The van der Waals surface area contributed by atoms with Gasteiger partial charge in [0.1, 0.15) is 12.4 Å². The highest BCUT2D eigenvalue weighted by molar-refractivity contribution is 7.89. The van der Waals surface area contributed by atoms with E-state index in [1.54, 1.807) is 37.4 Å². The number of methoxy groups -OCH3 is 1. The summed E-state index contributed by atoms with van der Waals surface area (Å²) in [6.07, 6.45) is 5.37. The van der Waals surface area contributed by atoms with E-state index in [4.69, 9.17) is 9.47 Å². The molecule has 1 aromatic rings. The summed E-state index contributed by atoms with van der Waals surface area (Å²) >= 11 is 0. The molecule has 3 aliphatic heterocycles. The predicted octanol–water partition coefficient (Wildman–Crippen LogP) is 2.11. The van der Waals surface area contributed by atoms with Gasteiger partial charge in [-0.15, -0.1) is 0 Å². The van der Waals surface area contributed by atoms with Crippen LogP contribution in [0.25, 0.3) is 0 Å². The first kappa shape index (κ1) is 28.3. The van der Waals surface area contributed by atoms with Gasteiger partial charge < -0.3 is 19.3 Å². The molecule has 208 valence electrons. The molecular weight excluding hydrogens is 492 g/mol. The molecule has 0 saturated carbocycles. The Bertz CT molecular complexity index is 997. The maximum atomic E-state index is 13.6. The number of benzene rings is 1. The average Bonchev–Trinajstić information content (AvgIpc) is 3.56. The smallest absolute Gasteiger partial charge is 0.248 e. The highest BCUT2D eigenvalue weighted by Crippen LogP contribution is 2.32. The van der Waals surface area contributed by atoms with Gasteiger partial charge in [-0.2, -0.15) is 4.31 Å². The highest BCUT2D eigenvalue weighted by atomic mass is 32.2. The number of rotatable bonds is 11. The zero-order chi connectivity index (χ0) is 26.4. The molecule has 0 bridgehead atoms. The van der Waals surface area contributed by atoms with Crippen molar-refractivity contribution in [1.82, 2.24) is 19.0 Å². The number of ether oxygens (including phenoxy) is 2. The first-order valence-electron chi connectivity index (χ1n) is 13.8. The van der Waals surface area contributed by atoms with E-state index in [0.717, 1.165) is 45.6 Å². The lowest BCUT2D eigenvalue weighted by atomic mass is 10.1. The van der Waals surface area contributed by atoms with Gasteiger partial charge in [-0.25, -0.2) is 8.42 Å². The van der Waals surface area contributed by atoms with Crippen LogP contribution >= 0.6 is 0 Å². The molecule has 1 atom stereocenters. The van der Waals surface area contributed by atoms with Gasteiger partial charge in [0.25, 0.3) is 0 Å². The summed E-state index contributed by atoms with van der Waals surface area (Å²) in [5.74, 6) is 0.641. The van der Waals surface area contributed by atoms with E-state index in [2.05, 4.69) is 9.80 Å². The van der Waals surface area contributed by atoms with Crippen LogP contribution < -0.4 is 4.74 Å². The molecule has 0 unspecified atom stereocenters. The van der Waals surface area contributed by atoms with Crippen molar-refractivity contribution in [2.45, 2.75) is 56.9 Å². The Balaban J connectivity index is 1.22. The number of sulfonamides is 1. The Hall–Kier alpha value is -1.72. The molecule has 1 aromatic carbocycles. The molecule has 0 radical (unpaired) electrons. The van der Waals surface area contributed by atoms with Crippen LogP contribution in [0.1, 0.15) is 43.2 Å². The Morgan fingerprint density at radius 1 is 0.919 bits per heavy atom. The minimum atomic E-state index is -3.67. The fraction of sp³-hybridized carbons (Fsp3) is 0.741. The zero-order valence-corrected chi connectivity index (χ0v) is 23.6. The molecule has 3 aliphatic rings. The minimum absolute atomic E-state index is 0.0000605. The summed E-state index contributed by atoms with van der Waals surface area (Å²) in [5, 5.41) is 0. The molecule has 9 nitrogen and oxygen atoms in total. The Morgan fingerprint density at radius 2 is 1.54 bits per heavy atom. The van der Waals surface area contributed by atoms with Crippen LogP contribution in [0.3, 0.4) is 0 Å². The Kier molecular flexibility index (Phi) is 9.85. The van der Waals surface area contributed by atoms with Crippen LogP contribution in [-0.4, -0.2) is 119 Å². The van der Waals surface area contributed by atoms with E-state index >= 15 is 0 Å². The topological polar surface area (TPSA) is 82.6 Å². The van der Waals surface area contributed by atoms with Gasteiger partial charge in [-0.3, -0.25) is 9.69 Å². The summed E-state index contributed by atoms with van der Waals surface area (Å²) in [7, 11) is -2.09. The van der Waals surface area contributed by atoms with Gasteiger partial charge in [0.05, 0.1) is 18.6 Å². The maximum absolute atomic E-state index is 13.6. The van der Waals surface area contributed by atoms with Gasteiger partial charge in [0.15, 0.2) is 0 Å². The Morgan fingerprint density at radius 3 is 2.16 bits per heavy atom. The number of amides is 1. The number of carbonyl (C=O) groups excluding carboxylic acids is 1. The molecule has 37 heavy (non-hydrogen) atoms. The number of piperazine rings is 1. The van der Waals surface area contributed by atoms with E-state index < -0.39 is 10.0 Å². The second kappa shape index (κ2) is 12.9. The van der Waals surface area contributed by atoms with Crippen molar-refractivity contribution in [3.05, 3.63) is 23.3 Å². The van der Waals surface area contributed by atoms with Crippen LogP contribution in [0.15, 0.2) is 17.0 Å². The average molecular weight is 537 g/mol. The molecule has 1 amide bonds. The summed E-state index contributed by atoms with van der Waals surface area (Å²) in [4.78, 5) is 20.0. The van der Waals surface area contributed by atoms with Crippen LogP contribution in [-0.2, 0) is 19.6 Å². The summed E-state index contributed by atoms with van der Waals surface area (Å²) in [6.45, 7) is 12.3. The second-order valence-electron chi connectivity index (χ2n) is 10.6. The quantitative estimate of drug-likeness (QED) is 0.428. The first-order valence-corrected chi connectivity index (χ1v) is 15.2. The fourth-order valence-electron chi connectivity index (χ4n) is 5.96. The highest BCUT2D eigenvalue weighted by Gasteiger charge is 2.37. The van der Waals surface area contributed by atoms with Gasteiger partial charge in [-0.05, 0) is 95.4 Å². The van der Waals surface area contributed by atoms with Crippen molar-refractivity contribution >= 4 is 15.9 Å². The lowest BCUT2D eigenvalue weighted by molar-refractivity contribution is -0.138. The third-order valence-corrected chi connectivity index (χ3v) is 10.2. The zero-order valence-electron chi connectivity index (χ0n) is 22.8. The normalized spacial score (nSPS) is 22.1. The van der Waals surface area contributed by atoms with Crippen LogP contribution in [0.5, 0.6) is 5.75 Å². The lowest BCUT2D eigenvalue weighted by Gasteiger charge is -2.35. The number of nitrogens with zero attached hydrogens (tertiary/aromatic N) is 4. The standard InChI is InChI=1S/C27H44N4O5S/c1-22-18-25(35-3)19-23(2)27(22)37(33,34)31-13-6-8-24(31)20-36-21-26(32)30-16-14-29(15-17-30)12-7-11-28-9-4-5-10-28/h18-19,24H,4-17,20-21H2,1-3H3/t24-/m0/s1. The number of hydrogen-bond donors (Lipinski definition) is 0. The van der Waals surface area contributed by atoms with Crippen molar-refractivity contribution in [3.63, 3.8) is 0 Å². The van der Waals surface area contributed by atoms with Crippen LogP contribution in [0.4, 0.5) is 0 Å². The van der Waals surface area contributed by atoms with Crippen LogP contribution in [0, 0.1) is 13.8 Å². The third-order valence-electron chi connectivity index (χ3n) is 7.97. The predicted molar refractivity (Wildman–Crippen MR) is 144 cm³/mol. The molecule has 3 heterocycles. The number of likely N-dealkylation sites (tertiary alicyclic amines) is 1. The molecule has 3 saturated heterocycles. The molecule has 4 rings (SSSR count). The summed E-state index contributed by atoms with van der Waals surface area (Å²) in [5.41, 5.74) is 1.35. The number of aryl methyl sites for hydroxylation is 2. The molecule has 0 spiro atoms. The second-order valence-corrected chi connectivity index (χ2v) is 12.5. The van der Waals surface area contributed by atoms with Crippen molar-refractivity contribution in [1.29, 1.82) is 0 Å². The number of hydrogen-bond acceptors (Lipinski definition) is 7. The minimum Gasteiger partial charge on any atom is -0.497 e. The first-order chi connectivity index (χ1) is 17.8. The molecule has 10 heteroatoms. The van der Waals surface area contributed by atoms with Crippen molar-refractivity contribution in [2.24, 2.45) is 0 Å². The van der Waals surface area contributed by atoms with E-state index in [9.17, 15) is 13.2 Å². The van der Waals surface area contributed by atoms with E-state index in [1.165, 1.54) is 38.9 Å². The lowest BCUT2D eigenvalue weighted by Crippen LogP contribution is -2.50. The monoisotopic (exact) mass is 536 g/mol. The van der Waals surface area contributed by atoms with E-state index in [1.807, 2.05) is 4.90 Å². The fourth-order valence-corrected chi connectivity index (χ4v) is 8.06. The summed E-state index contributed by atoms with van der Waals surface area (Å²) < 4.78 is 39.8. The van der Waals surface area contributed by atoms with Gasteiger partial charge in [0.2, 0.25) is 15.9 Å².